The molecule has 3 aromatic carbocycles. The number of nitrogens with zero attached hydrogens (tertiary/aromatic N) is 1. The maximum atomic E-state index is 13.2. The van der Waals surface area contributed by atoms with Gasteiger partial charge in [-0.1, -0.05) is 30.3 Å². The largest absolute Gasteiger partial charge is 0.497 e. The second-order valence-corrected chi connectivity index (χ2v) is 8.44. The van der Waals surface area contributed by atoms with Crippen molar-refractivity contribution in [3.63, 3.8) is 0 Å². The number of rotatable bonds is 8. The molecule has 0 spiro atoms. The number of carbonyl (C=O) groups excluding carboxylic acids is 1. The summed E-state index contributed by atoms with van der Waals surface area (Å²) in [6.07, 6.45) is -3.99. The van der Waals surface area contributed by atoms with Gasteiger partial charge < -0.3 is 8.92 Å². The summed E-state index contributed by atoms with van der Waals surface area (Å²) in [5.74, 6) is -0.0377. The standard InChI is InChI=1S/C23H19F3N2O5S/c1-32-20-9-5-6-16(12-20)13-22(29)28-27-15-17-14-18(23(24,25)26)10-11-21(17)34(30,31)33-19-7-3-2-4-8-19/h2-12,14-15H,13H2,1H3,(H,28,29). The Kier molecular flexibility index (Phi) is 7.57. The summed E-state index contributed by atoms with van der Waals surface area (Å²) >= 11 is 0. The zero-order valence-corrected chi connectivity index (χ0v) is 18.6. The minimum Gasteiger partial charge on any atom is -0.497 e. The normalized spacial score (nSPS) is 11.9. The lowest BCUT2D eigenvalue weighted by molar-refractivity contribution is -0.137. The average Bonchev–Trinajstić information content (AvgIpc) is 2.79. The summed E-state index contributed by atoms with van der Waals surface area (Å²) in [6.45, 7) is 0. The molecular formula is C23H19F3N2O5S. The van der Waals surface area contributed by atoms with Crippen molar-refractivity contribution in [3.8, 4) is 11.5 Å². The number of hydrogen-bond acceptors (Lipinski definition) is 6. The predicted octanol–water partition coefficient (Wildman–Crippen LogP) is 4.17. The zero-order chi connectivity index (χ0) is 24.8. The van der Waals surface area contributed by atoms with Gasteiger partial charge in [-0.3, -0.25) is 4.79 Å². The lowest BCUT2D eigenvalue weighted by Gasteiger charge is -2.12. The Labute approximate surface area is 194 Å². The highest BCUT2D eigenvalue weighted by Gasteiger charge is 2.32. The number of carbonyl (C=O) groups is 1. The van der Waals surface area contributed by atoms with Crippen molar-refractivity contribution < 1.29 is 35.3 Å². The van der Waals surface area contributed by atoms with Gasteiger partial charge in [0.2, 0.25) is 5.91 Å². The fourth-order valence-electron chi connectivity index (χ4n) is 2.88. The highest BCUT2D eigenvalue weighted by Crippen LogP contribution is 2.32. The number of nitrogens with one attached hydrogen (secondary N) is 1. The van der Waals surface area contributed by atoms with Crippen LogP contribution in [0.5, 0.6) is 11.5 Å². The average molecular weight is 492 g/mol. The Morgan fingerprint density at radius 2 is 1.71 bits per heavy atom. The molecule has 0 aliphatic heterocycles. The monoisotopic (exact) mass is 492 g/mol. The van der Waals surface area contributed by atoms with E-state index in [2.05, 4.69) is 10.5 Å². The number of methoxy groups -OCH3 is 1. The van der Waals surface area contributed by atoms with Crippen LogP contribution in [0.2, 0.25) is 0 Å². The fraction of sp³-hybridized carbons (Fsp3) is 0.130. The van der Waals surface area contributed by atoms with Crippen molar-refractivity contribution in [1.29, 1.82) is 0 Å². The minimum atomic E-state index is -4.72. The van der Waals surface area contributed by atoms with Crippen LogP contribution in [0, 0.1) is 0 Å². The maximum Gasteiger partial charge on any atom is 0.416 e. The van der Waals surface area contributed by atoms with Gasteiger partial charge in [0.05, 0.1) is 25.3 Å². The summed E-state index contributed by atoms with van der Waals surface area (Å²) in [5.41, 5.74) is 1.30. The Balaban J connectivity index is 1.84. The molecule has 0 saturated heterocycles. The van der Waals surface area contributed by atoms with E-state index in [1.165, 1.54) is 31.4 Å². The fourth-order valence-corrected chi connectivity index (χ4v) is 3.97. The third-order valence-corrected chi connectivity index (χ3v) is 5.77. The molecule has 0 radical (unpaired) electrons. The Morgan fingerprint density at radius 1 is 1.00 bits per heavy atom. The molecule has 0 unspecified atom stereocenters. The van der Waals surface area contributed by atoms with Gasteiger partial charge in [-0.15, -0.1) is 0 Å². The van der Waals surface area contributed by atoms with E-state index in [1.54, 1.807) is 30.3 Å². The van der Waals surface area contributed by atoms with E-state index in [4.69, 9.17) is 8.92 Å². The third kappa shape index (κ3) is 6.58. The number of amides is 1. The molecule has 0 fully saturated rings. The van der Waals surface area contributed by atoms with E-state index in [9.17, 15) is 26.4 Å². The lowest BCUT2D eigenvalue weighted by atomic mass is 10.1. The molecule has 11 heteroatoms. The molecular weight excluding hydrogens is 473 g/mol. The van der Waals surface area contributed by atoms with Crippen LogP contribution in [-0.4, -0.2) is 27.6 Å². The molecule has 1 N–H and O–H groups in total. The first-order valence-electron chi connectivity index (χ1n) is 9.74. The molecule has 0 saturated carbocycles. The lowest BCUT2D eigenvalue weighted by Crippen LogP contribution is -2.20. The van der Waals surface area contributed by atoms with Gasteiger partial charge in [-0.25, -0.2) is 5.43 Å². The molecule has 0 aliphatic carbocycles. The molecule has 3 rings (SSSR count). The second-order valence-electron chi connectivity index (χ2n) is 6.92. The van der Waals surface area contributed by atoms with Gasteiger partial charge in [-0.2, -0.15) is 26.7 Å². The summed E-state index contributed by atoms with van der Waals surface area (Å²) in [4.78, 5) is 11.6. The smallest absolute Gasteiger partial charge is 0.416 e. The van der Waals surface area contributed by atoms with Crippen LogP contribution in [0.15, 0.2) is 82.8 Å². The SMILES string of the molecule is COc1cccc(CC(=O)NN=Cc2cc(C(F)(F)F)ccc2S(=O)(=O)Oc2ccccc2)c1. The zero-order valence-electron chi connectivity index (χ0n) is 17.7. The number of hydrazone groups is 1. The van der Waals surface area contributed by atoms with Crippen molar-refractivity contribution in [3.05, 3.63) is 89.5 Å². The Hall–Kier alpha value is -3.86. The number of ether oxygens (including phenoxy) is 1. The van der Waals surface area contributed by atoms with Crippen LogP contribution >= 0.6 is 0 Å². The Morgan fingerprint density at radius 3 is 2.38 bits per heavy atom. The maximum absolute atomic E-state index is 13.2. The van der Waals surface area contributed by atoms with Crippen LogP contribution in [0.1, 0.15) is 16.7 Å². The summed E-state index contributed by atoms with van der Waals surface area (Å²) in [5, 5.41) is 3.64. The number of alkyl halides is 3. The molecule has 3 aromatic rings. The van der Waals surface area contributed by atoms with E-state index in [1.807, 2.05) is 0 Å². The van der Waals surface area contributed by atoms with E-state index in [-0.39, 0.29) is 12.2 Å². The highest BCUT2D eigenvalue weighted by molar-refractivity contribution is 7.87. The number of para-hydroxylation sites is 1. The second kappa shape index (κ2) is 10.4. The van der Waals surface area contributed by atoms with E-state index in [0.717, 1.165) is 12.3 Å². The predicted molar refractivity (Wildman–Crippen MR) is 118 cm³/mol. The van der Waals surface area contributed by atoms with Crippen LogP contribution in [0.3, 0.4) is 0 Å². The summed E-state index contributed by atoms with van der Waals surface area (Å²) < 4.78 is 75.1. The molecule has 7 nitrogen and oxygen atoms in total. The van der Waals surface area contributed by atoms with Crippen molar-refractivity contribution in [2.24, 2.45) is 5.10 Å². The number of hydrogen-bond donors (Lipinski definition) is 1. The first kappa shape index (κ1) is 24.8. The molecule has 34 heavy (non-hydrogen) atoms. The third-order valence-electron chi connectivity index (χ3n) is 4.45. The van der Waals surface area contributed by atoms with E-state index < -0.39 is 38.2 Å². The number of benzene rings is 3. The van der Waals surface area contributed by atoms with Gasteiger partial charge in [0.1, 0.15) is 16.4 Å². The molecule has 0 heterocycles. The van der Waals surface area contributed by atoms with Crippen molar-refractivity contribution in [2.45, 2.75) is 17.5 Å². The summed E-state index contributed by atoms with van der Waals surface area (Å²) in [6, 6.07) is 16.2. The van der Waals surface area contributed by atoms with Crippen molar-refractivity contribution in [1.82, 2.24) is 5.43 Å². The Bertz CT molecular complexity index is 1290. The molecule has 0 aromatic heterocycles. The van der Waals surface area contributed by atoms with Gasteiger partial charge in [0, 0.05) is 5.56 Å². The van der Waals surface area contributed by atoms with Crippen LogP contribution in [0.25, 0.3) is 0 Å². The van der Waals surface area contributed by atoms with Crippen LogP contribution in [0.4, 0.5) is 13.2 Å². The van der Waals surface area contributed by atoms with Gasteiger partial charge in [-0.05, 0) is 48.0 Å². The molecule has 178 valence electrons. The highest BCUT2D eigenvalue weighted by atomic mass is 32.2. The van der Waals surface area contributed by atoms with Gasteiger partial charge >= 0.3 is 16.3 Å². The molecule has 0 bridgehead atoms. The van der Waals surface area contributed by atoms with Gasteiger partial charge in [0.25, 0.3) is 0 Å². The van der Waals surface area contributed by atoms with Crippen LogP contribution < -0.4 is 14.3 Å². The van der Waals surface area contributed by atoms with Crippen molar-refractivity contribution in [2.75, 3.05) is 7.11 Å². The first-order chi connectivity index (χ1) is 16.1. The first-order valence-corrected chi connectivity index (χ1v) is 11.1. The molecule has 0 atom stereocenters. The summed E-state index contributed by atoms with van der Waals surface area (Å²) in [7, 11) is -3.02. The number of halogens is 3. The molecule has 1 amide bonds. The van der Waals surface area contributed by atoms with Crippen molar-refractivity contribution >= 4 is 22.2 Å². The molecule has 0 aliphatic rings. The van der Waals surface area contributed by atoms with E-state index in [0.29, 0.717) is 23.4 Å². The van der Waals surface area contributed by atoms with Crippen LogP contribution in [-0.2, 0) is 27.5 Å². The minimum absolute atomic E-state index is 0.0168. The quantitative estimate of drug-likeness (QED) is 0.289. The van der Waals surface area contributed by atoms with E-state index >= 15 is 0 Å². The van der Waals surface area contributed by atoms with Gasteiger partial charge in [0.15, 0.2) is 0 Å². The topological polar surface area (TPSA) is 94.1 Å².